The van der Waals surface area contributed by atoms with E-state index in [4.69, 9.17) is 5.26 Å². The predicted octanol–water partition coefficient (Wildman–Crippen LogP) is 1.72. The SMILES string of the molecule is CN1C(=O)N(C#N)CC1c1cccc(F)c1. The molecule has 2 amide bonds. The minimum absolute atomic E-state index is 0.261. The van der Waals surface area contributed by atoms with Gasteiger partial charge in [-0.25, -0.2) is 14.1 Å². The van der Waals surface area contributed by atoms with Crippen molar-refractivity contribution in [3.05, 3.63) is 35.6 Å². The second-order valence-electron chi connectivity index (χ2n) is 3.67. The number of halogens is 1. The molecule has 0 spiro atoms. The summed E-state index contributed by atoms with van der Waals surface area (Å²) >= 11 is 0. The molecule has 1 heterocycles. The van der Waals surface area contributed by atoms with E-state index in [1.54, 1.807) is 25.4 Å². The van der Waals surface area contributed by atoms with Crippen LogP contribution in [0.4, 0.5) is 9.18 Å². The number of nitriles is 1. The van der Waals surface area contributed by atoms with Crippen LogP contribution < -0.4 is 0 Å². The highest BCUT2D eigenvalue weighted by Gasteiger charge is 2.35. The number of likely N-dealkylation sites (N-methyl/N-ethyl adjacent to an activating group) is 1. The van der Waals surface area contributed by atoms with E-state index in [0.717, 1.165) is 4.90 Å². The van der Waals surface area contributed by atoms with Crippen molar-refractivity contribution in [3.8, 4) is 6.19 Å². The summed E-state index contributed by atoms with van der Waals surface area (Å²) in [5.74, 6) is -0.339. The first-order chi connectivity index (χ1) is 7.63. The number of rotatable bonds is 1. The fourth-order valence-corrected chi connectivity index (χ4v) is 1.82. The minimum Gasteiger partial charge on any atom is -0.318 e. The molecule has 1 aliphatic heterocycles. The van der Waals surface area contributed by atoms with E-state index < -0.39 is 0 Å². The summed E-state index contributed by atoms with van der Waals surface area (Å²) in [5.41, 5.74) is 0.702. The zero-order chi connectivity index (χ0) is 11.7. The summed E-state index contributed by atoms with van der Waals surface area (Å²) in [5, 5.41) is 8.73. The predicted molar refractivity (Wildman–Crippen MR) is 54.6 cm³/mol. The van der Waals surface area contributed by atoms with Gasteiger partial charge in [-0.1, -0.05) is 12.1 Å². The standard InChI is InChI=1S/C11H10FN3O/c1-14-10(6-15(7-13)11(14)16)8-3-2-4-9(12)5-8/h2-5,10H,6H2,1H3. The number of nitrogens with zero attached hydrogens (tertiary/aromatic N) is 3. The maximum atomic E-state index is 13.0. The largest absolute Gasteiger partial charge is 0.333 e. The van der Waals surface area contributed by atoms with Crippen molar-refractivity contribution in [2.45, 2.75) is 6.04 Å². The van der Waals surface area contributed by atoms with Gasteiger partial charge >= 0.3 is 6.03 Å². The highest BCUT2D eigenvalue weighted by atomic mass is 19.1. The molecular weight excluding hydrogens is 209 g/mol. The second-order valence-corrected chi connectivity index (χ2v) is 3.67. The number of urea groups is 1. The molecule has 0 saturated carbocycles. The Balaban J connectivity index is 2.30. The molecule has 0 N–H and O–H groups in total. The zero-order valence-corrected chi connectivity index (χ0v) is 8.72. The van der Waals surface area contributed by atoms with Gasteiger partial charge in [-0.3, -0.25) is 0 Å². The lowest BCUT2D eigenvalue weighted by Crippen LogP contribution is -2.26. The van der Waals surface area contributed by atoms with Crippen molar-refractivity contribution in [2.75, 3.05) is 13.6 Å². The van der Waals surface area contributed by atoms with Gasteiger partial charge in [0.05, 0.1) is 12.6 Å². The minimum atomic E-state index is -0.350. The summed E-state index contributed by atoms with van der Waals surface area (Å²) in [6.07, 6.45) is 1.81. The van der Waals surface area contributed by atoms with Crippen LogP contribution in [0.1, 0.15) is 11.6 Å². The van der Waals surface area contributed by atoms with E-state index in [2.05, 4.69) is 0 Å². The average Bonchev–Trinajstić information content (AvgIpc) is 2.56. The first kappa shape index (κ1) is 10.4. The van der Waals surface area contributed by atoms with Crippen LogP contribution in [0.5, 0.6) is 0 Å². The van der Waals surface area contributed by atoms with Crippen LogP contribution in [0, 0.1) is 17.3 Å². The molecule has 1 fully saturated rings. The van der Waals surface area contributed by atoms with Gasteiger partial charge in [0.25, 0.3) is 0 Å². The Kier molecular flexibility index (Phi) is 2.49. The topological polar surface area (TPSA) is 47.3 Å². The van der Waals surface area contributed by atoms with E-state index in [0.29, 0.717) is 5.56 Å². The number of carbonyl (C=O) groups excluding carboxylic acids is 1. The van der Waals surface area contributed by atoms with Crippen LogP contribution >= 0.6 is 0 Å². The van der Waals surface area contributed by atoms with Crippen molar-refractivity contribution in [1.82, 2.24) is 9.80 Å². The molecule has 5 heteroatoms. The van der Waals surface area contributed by atoms with Crippen LogP contribution in [0.2, 0.25) is 0 Å². The van der Waals surface area contributed by atoms with Crippen molar-refractivity contribution < 1.29 is 9.18 Å². The summed E-state index contributed by atoms with van der Waals surface area (Å²) < 4.78 is 13.0. The Hall–Kier alpha value is -2.09. The van der Waals surface area contributed by atoms with E-state index >= 15 is 0 Å². The summed E-state index contributed by atoms with van der Waals surface area (Å²) in [4.78, 5) is 14.0. The molecule has 0 aliphatic carbocycles. The van der Waals surface area contributed by atoms with Crippen molar-refractivity contribution >= 4 is 6.03 Å². The number of hydrogen-bond donors (Lipinski definition) is 0. The molecule has 1 unspecified atom stereocenters. The summed E-state index contributed by atoms with van der Waals surface area (Å²) in [6, 6.07) is 5.47. The number of amides is 2. The Morgan fingerprint density at radius 1 is 1.56 bits per heavy atom. The van der Waals surface area contributed by atoms with Gasteiger partial charge in [0.15, 0.2) is 6.19 Å². The third kappa shape index (κ3) is 1.58. The molecular formula is C11H10FN3O. The zero-order valence-electron chi connectivity index (χ0n) is 8.72. The molecule has 4 nitrogen and oxygen atoms in total. The lowest BCUT2D eigenvalue weighted by atomic mass is 10.1. The maximum absolute atomic E-state index is 13.0. The van der Waals surface area contributed by atoms with Gasteiger partial charge < -0.3 is 4.90 Å². The quantitative estimate of drug-likeness (QED) is 0.675. The maximum Gasteiger partial charge on any atom is 0.333 e. The van der Waals surface area contributed by atoms with Crippen molar-refractivity contribution in [1.29, 1.82) is 5.26 Å². The highest BCUT2D eigenvalue weighted by Crippen LogP contribution is 2.27. The van der Waals surface area contributed by atoms with Crippen LogP contribution in [-0.2, 0) is 0 Å². The van der Waals surface area contributed by atoms with Gasteiger partial charge in [0.2, 0.25) is 0 Å². The van der Waals surface area contributed by atoms with Crippen molar-refractivity contribution in [3.63, 3.8) is 0 Å². The molecule has 1 aromatic rings. The molecule has 1 aromatic carbocycles. The fourth-order valence-electron chi connectivity index (χ4n) is 1.82. The Bertz CT molecular complexity index is 469. The van der Waals surface area contributed by atoms with Crippen LogP contribution in [-0.4, -0.2) is 29.4 Å². The number of benzene rings is 1. The van der Waals surface area contributed by atoms with Crippen LogP contribution in [0.3, 0.4) is 0 Å². The first-order valence-corrected chi connectivity index (χ1v) is 4.83. The monoisotopic (exact) mass is 219 g/mol. The molecule has 1 atom stereocenters. The summed E-state index contributed by atoms with van der Waals surface area (Å²) in [6.45, 7) is 0.273. The normalized spacial score (nSPS) is 20.1. The third-order valence-corrected chi connectivity index (χ3v) is 2.71. The molecule has 16 heavy (non-hydrogen) atoms. The third-order valence-electron chi connectivity index (χ3n) is 2.71. The van der Waals surface area contributed by atoms with E-state index in [-0.39, 0.29) is 24.4 Å². The lowest BCUT2D eigenvalue weighted by molar-refractivity contribution is 0.205. The lowest BCUT2D eigenvalue weighted by Gasteiger charge is -2.17. The van der Waals surface area contributed by atoms with Gasteiger partial charge in [-0.05, 0) is 17.7 Å². The average molecular weight is 219 g/mol. The van der Waals surface area contributed by atoms with Gasteiger partial charge in [0.1, 0.15) is 5.82 Å². The number of hydrogen-bond acceptors (Lipinski definition) is 2. The first-order valence-electron chi connectivity index (χ1n) is 4.83. The van der Waals surface area contributed by atoms with Crippen LogP contribution in [0.15, 0.2) is 24.3 Å². The molecule has 0 radical (unpaired) electrons. The molecule has 1 saturated heterocycles. The van der Waals surface area contributed by atoms with E-state index in [9.17, 15) is 9.18 Å². The molecule has 2 rings (SSSR count). The van der Waals surface area contributed by atoms with Gasteiger partial charge in [-0.15, -0.1) is 0 Å². The van der Waals surface area contributed by atoms with Gasteiger partial charge in [-0.2, -0.15) is 5.26 Å². The number of carbonyl (C=O) groups is 1. The Labute approximate surface area is 92.5 Å². The van der Waals surface area contributed by atoms with Crippen LogP contribution in [0.25, 0.3) is 0 Å². The van der Waals surface area contributed by atoms with E-state index in [1.807, 2.05) is 0 Å². The molecule has 0 bridgehead atoms. The summed E-state index contributed by atoms with van der Waals surface area (Å²) in [7, 11) is 1.61. The molecule has 0 aromatic heterocycles. The Morgan fingerprint density at radius 3 is 2.88 bits per heavy atom. The second kappa shape index (κ2) is 3.81. The molecule has 1 aliphatic rings. The van der Waals surface area contributed by atoms with Crippen molar-refractivity contribution in [2.24, 2.45) is 0 Å². The smallest absolute Gasteiger partial charge is 0.318 e. The fraction of sp³-hybridized carbons (Fsp3) is 0.273. The van der Waals surface area contributed by atoms with Gasteiger partial charge in [0, 0.05) is 7.05 Å². The highest BCUT2D eigenvalue weighted by molar-refractivity contribution is 5.78. The Morgan fingerprint density at radius 2 is 2.31 bits per heavy atom. The van der Waals surface area contributed by atoms with E-state index in [1.165, 1.54) is 17.0 Å². The molecule has 82 valence electrons.